The van der Waals surface area contributed by atoms with Crippen LogP contribution in [-0.4, -0.2) is 165 Å². The van der Waals surface area contributed by atoms with Gasteiger partial charge in [-0.05, 0) is 253 Å². The maximum Gasteiger partial charge on any atom is 0.494 e. The second kappa shape index (κ2) is 42.5. The number of benzene rings is 6. The molecular weight excluding hydrogens is 1850 g/mol. The van der Waals surface area contributed by atoms with Gasteiger partial charge >= 0.3 is 51.0 Å². The van der Waals surface area contributed by atoms with Gasteiger partial charge in [-0.25, -0.2) is 14.6 Å². The molecule has 6 aliphatic rings. The number of esters is 3. The summed E-state index contributed by atoms with van der Waals surface area (Å²) >= 11 is 10.1. The SMILES string of the molecule is CC1(C)OB(B2OC(C)(C)C(C)(C)O2)OC1(C)C.CCOC(=O)/C=C/c1cccc(Br)c1.CCOC(=O)[C@H]1CC1c1cccc(B2OC(C)(C)C(C)(C)O2)c1.CCOC(=O)[C@H]1CC1c1cccc(Br)c1.CCOc1cc(-c2cccc([C@H]3C[C@@H]3C(=O)O)c2)ccc1-c1nc2n[nH]nc2c(=O)[nH]1.C[S+](C)(C)=O.O=C(O)/C=C/c1cccc(Br)c1.[I-]. The van der Waals surface area contributed by atoms with Crippen LogP contribution in [0, 0.1) is 17.8 Å². The Morgan fingerprint density at radius 1 is 0.521 bits per heavy atom. The first-order valence-corrected chi connectivity index (χ1v) is 44.3. The molecule has 0 radical (unpaired) electrons. The van der Waals surface area contributed by atoms with Gasteiger partial charge < -0.3 is 86.0 Å². The van der Waals surface area contributed by atoms with Crippen molar-refractivity contribution in [3.05, 3.63) is 203 Å². The van der Waals surface area contributed by atoms with Gasteiger partial charge in [0.05, 0.1) is 93.3 Å². The highest BCUT2D eigenvalue weighted by molar-refractivity contribution is 9.11. The molecule has 3 aliphatic carbocycles. The number of H-pyrrole nitrogens is 2. The molecular formula is C87H108B3Br3IN5O19S. The highest BCUT2D eigenvalue weighted by atomic mass is 127. The van der Waals surface area contributed by atoms with E-state index in [0.29, 0.717) is 55.9 Å². The number of nitrogens with one attached hydrogen (secondary N) is 2. The first kappa shape index (κ1) is 98.6. The van der Waals surface area contributed by atoms with Crippen molar-refractivity contribution in [2.75, 3.05) is 45.2 Å². The van der Waals surface area contributed by atoms with Crippen LogP contribution in [0.5, 0.6) is 5.75 Å². The van der Waals surface area contributed by atoms with Gasteiger partial charge in [-0.3, -0.25) is 19.2 Å². The van der Waals surface area contributed by atoms with Gasteiger partial charge in [0.1, 0.15) is 30.3 Å². The number of halogens is 4. The van der Waals surface area contributed by atoms with Gasteiger partial charge in [0.15, 0.2) is 5.52 Å². The lowest BCUT2D eigenvalue weighted by molar-refractivity contribution is -0.145. The Bertz CT molecular complexity index is 4930. The molecule has 5 heterocycles. The van der Waals surface area contributed by atoms with Crippen LogP contribution >= 0.6 is 47.8 Å². The third-order valence-corrected chi connectivity index (χ3v) is 22.4. The van der Waals surface area contributed by atoms with Crippen LogP contribution in [-0.2, 0) is 80.3 Å². The molecule has 0 spiro atoms. The van der Waals surface area contributed by atoms with Crippen molar-refractivity contribution in [2.24, 2.45) is 17.8 Å². The smallest absolute Gasteiger partial charge is 0.494 e. The molecule has 3 saturated carbocycles. The average Bonchev–Trinajstić information content (AvgIpc) is 1.61. The Hall–Kier alpha value is -7.50. The zero-order valence-electron chi connectivity index (χ0n) is 70.8. The maximum absolute atomic E-state index is 12.3. The second-order valence-corrected chi connectivity index (χ2v) is 38.7. The summed E-state index contributed by atoms with van der Waals surface area (Å²) in [5, 5.41) is 27.7. The van der Waals surface area contributed by atoms with E-state index in [4.69, 9.17) is 52.0 Å². The maximum atomic E-state index is 12.3. The fraction of sp³-hybridized carbons (Fsp3) is 0.437. The molecule has 119 heavy (non-hydrogen) atoms. The van der Waals surface area contributed by atoms with Gasteiger partial charge in [0.25, 0.3) is 5.56 Å². The van der Waals surface area contributed by atoms with Crippen LogP contribution in [0.15, 0.2) is 170 Å². The molecule has 6 aromatic carbocycles. The summed E-state index contributed by atoms with van der Waals surface area (Å²) in [7, 11) is -2.73. The zero-order chi connectivity index (χ0) is 87.0. The van der Waals surface area contributed by atoms with Crippen molar-refractivity contribution in [3.63, 3.8) is 0 Å². The monoisotopic (exact) mass is 1960 g/mol. The fourth-order valence-electron chi connectivity index (χ4n) is 12.4. The summed E-state index contributed by atoms with van der Waals surface area (Å²) in [6, 6.07) is 45.0. The Kier molecular flexibility index (Phi) is 35.2. The summed E-state index contributed by atoms with van der Waals surface area (Å²) in [5.74, 6) is -0.741. The van der Waals surface area contributed by atoms with E-state index in [0.717, 1.165) is 71.2 Å². The molecule has 4 N–H and O–H groups in total. The van der Waals surface area contributed by atoms with Gasteiger partial charge in [-0.1, -0.05) is 139 Å². The van der Waals surface area contributed by atoms with Crippen LogP contribution < -0.4 is 39.7 Å². The predicted molar refractivity (Wildman–Crippen MR) is 473 cm³/mol. The standard InChI is InChI=1S/C22H19N5O4.C18H25BO4.C12H24B2O4.C12H13BrO2.C11H11BrO2.C9H7BrO2.C3H9OS.HI/c1-2-31-17-9-12(11-4-3-5-13(8-11)15-10-16(15)22(29)30)6-7-14(17)19-23-20-18(21(28)24-19)25-27-26-20;1-6-21-16(20)15-11-14(15)12-8-7-9-13(10-12)19-22-17(2,3)18(4,5)23-19;1-9(2)10(3,4)16-13(15-9)14-17-11(5,6)12(7,8)18-14;1-2-15-12(14)11-7-10(11)8-4-3-5-9(13)6-8;1-2-14-11(13)7-6-9-4-3-5-10(12)8-9;10-8-3-1-2-7(6-8)4-5-9(11)12;1-5(2,3)4;/h3-9,15-16H,2,10H2,1H3,(H,29,30)(H2,23,24,25,26,27,28);7-10,14-15H,6,11H2,1-5H3;1-8H3;3-6,10-11H,2,7H2,1H3;3-8H,2H2,1H3;1-6H,(H,11,12);1-3H3;1H/q;;;;;;+1;/p-1/b;;;;7-6+;5-4+;;/t15-,16+;14?,15-;;10?,11-;;;;/m10.0..../s1. The number of carboxylic acid groups (broad SMARTS) is 2. The van der Waals surface area contributed by atoms with Crippen molar-refractivity contribution in [1.82, 2.24) is 25.4 Å². The van der Waals surface area contributed by atoms with Crippen molar-refractivity contribution < 1.29 is 109 Å². The topological polar surface area (TPSA) is 322 Å². The lowest BCUT2D eigenvalue weighted by Crippen LogP contribution is -3.00. The van der Waals surface area contributed by atoms with Crippen molar-refractivity contribution in [3.8, 4) is 28.3 Å². The Morgan fingerprint density at radius 2 is 0.941 bits per heavy atom. The number of hydrogen-bond donors (Lipinski definition) is 4. The predicted octanol–water partition coefficient (Wildman–Crippen LogP) is 13.9. The Labute approximate surface area is 742 Å². The Balaban J connectivity index is 0.000000200. The van der Waals surface area contributed by atoms with E-state index >= 15 is 0 Å². The number of hydrogen-bond acceptors (Lipinski definition) is 20. The van der Waals surface area contributed by atoms with Crippen LogP contribution in [0.2, 0.25) is 0 Å². The van der Waals surface area contributed by atoms with Gasteiger partial charge in [0.2, 0.25) is 5.65 Å². The van der Waals surface area contributed by atoms with E-state index in [1.54, 1.807) is 37.8 Å². The molecule has 8 aromatic rings. The minimum Gasteiger partial charge on any atom is -1.00 e. The highest BCUT2D eigenvalue weighted by Gasteiger charge is 2.64. The number of nitrogens with zero attached hydrogens (tertiary/aromatic N) is 3. The summed E-state index contributed by atoms with van der Waals surface area (Å²) in [6.45, 7) is 33.5. The molecule has 638 valence electrons. The van der Waals surface area contributed by atoms with Crippen LogP contribution in [0.1, 0.15) is 176 Å². The lowest BCUT2D eigenvalue weighted by atomic mass is 9.49. The minimum absolute atomic E-state index is 0. The molecule has 0 amide bonds. The van der Waals surface area contributed by atoms with Crippen LogP contribution in [0.3, 0.4) is 0 Å². The number of carbonyl (C=O) groups is 5. The molecule has 3 aliphatic heterocycles. The van der Waals surface area contributed by atoms with Crippen molar-refractivity contribution in [2.45, 2.75) is 181 Å². The lowest BCUT2D eigenvalue weighted by Gasteiger charge is -2.32. The molecule has 2 aromatic heterocycles. The number of carboxylic acids is 2. The van der Waals surface area contributed by atoms with Crippen molar-refractivity contribution >= 4 is 137 Å². The fourth-order valence-corrected chi connectivity index (χ4v) is 13.6. The minimum atomic E-state index is -1.42. The normalized spacial score (nSPS) is 20.5. The van der Waals surface area contributed by atoms with E-state index in [-0.39, 0.29) is 129 Å². The number of aromatic amines is 2. The number of ether oxygens (including phenoxy) is 4. The highest BCUT2D eigenvalue weighted by Crippen LogP contribution is 2.51. The third-order valence-electron chi connectivity index (χ3n) is 21.0. The summed E-state index contributed by atoms with van der Waals surface area (Å²) in [5.41, 5.74) is 6.64. The largest absolute Gasteiger partial charge is 1.00 e. The molecule has 6 fully saturated rings. The molecule has 14 rings (SSSR count). The number of rotatable bonds is 19. The molecule has 32 heteroatoms. The summed E-state index contributed by atoms with van der Waals surface area (Å²) < 4.78 is 69.9. The first-order chi connectivity index (χ1) is 55.3. The summed E-state index contributed by atoms with van der Waals surface area (Å²) in [4.78, 5) is 75.0. The van der Waals surface area contributed by atoms with E-state index in [2.05, 4.69) is 125 Å². The van der Waals surface area contributed by atoms with Gasteiger partial charge in [-0.15, -0.1) is 14.4 Å². The first-order valence-electron chi connectivity index (χ1n) is 39.1. The molecule has 24 nitrogen and oxygen atoms in total. The zero-order valence-corrected chi connectivity index (χ0v) is 78.6. The summed E-state index contributed by atoms with van der Waals surface area (Å²) in [6.07, 6.45) is 13.4. The van der Waals surface area contributed by atoms with E-state index in [1.807, 2.05) is 191 Å². The molecule has 6 atom stereocenters. The number of aromatic nitrogens is 5. The van der Waals surface area contributed by atoms with Gasteiger partial charge in [0, 0.05) is 25.6 Å². The number of carbonyl (C=O) groups excluding carboxylic acids is 3. The third kappa shape index (κ3) is 28.3. The van der Waals surface area contributed by atoms with Crippen LogP contribution in [0.25, 0.3) is 45.8 Å². The van der Waals surface area contributed by atoms with Crippen molar-refractivity contribution in [1.29, 1.82) is 0 Å². The average molecular weight is 1960 g/mol. The van der Waals surface area contributed by atoms with E-state index < -0.39 is 35.9 Å². The molecule has 3 saturated heterocycles. The number of fused-ring (bicyclic) bond motifs is 1. The quantitative estimate of drug-likeness (QED) is 0.0146. The van der Waals surface area contributed by atoms with Gasteiger partial charge in [-0.2, -0.15) is 5.21 Å². The Morgan fingerprint density at radius 3 is 1.39 bits per heavy atom. The van der Waals surface area contributed by atoms with Crippen LogP contribution in [0.4, 0.5) is 0 Å². The second-order valence-electron chi connectivity index (χ2n) is 32.5. The number of aliphatic carboxylic acids is 2. The van der Waals surface area contributed by atoms with E-state index in [1.165, 1.54) is 11.6 Å². The molecule has 0 bridgehead atoms. The van der Waals surface area contributed by atoms with E-state index in [9.17, 15) is 38.1 Å². The molecule has 2 unspecified atom stereocenters.